The maximum atomic E-state index is 2.33. The van der Waals surface area contributed by atoms with E-state index in [2.05, 4.69) is 55.4 Å². The van der Waals surface area contributed by atoms with Crippen molar-refractivity contribution in [3.05, 3.63) is 0 Å². The van der Waals surface area contributed by atoms with E-state index in [0.29, 0.717) is 21.3 Å². The Labute approximate surface area is 98.4 Å². The number of rotatable bonds is 3. The Bertz CT molecular complexity index is 142. The lowest BCUT2D eigenvalue weighted by atomic mass is 9.93. The Hall–Kier alpha value is 0.700. The van der Waals surface area contributed by atoms with E-state index in [4.69, 9.17) is 0 Å². The molecule has 14 heavy (non-hydrogen) atoms. The van der Waals surface area contributed by atoms with E-state index < -0.39 is 0 Å². The van der Waals surface area contributed by atoms with Crippen molar-refractivity contribution < 1.29 is 0 Å². The van der Waals surface area contributed by atoms with Gasteiger partial charge in [0.05, 0.1) is 0 Å². The predicted molar refractivity (Wildman–Crippen MR) is 73.0 cm³/mol. The third kappa shape index (κ3) is 5.55. The summed E-state index contributed by atoms with van der Waals surface area (Å²) in [5.74, 6) is 0. The lowest BCUT2D eigenvalue weighted by Gasteiger charge is -2.31. The van der Waals surface area contributed by atoms with Gasteiger partial charge in [-0.25, -0.2) is 0 Å². The first kappa shape index (κ1) is 14.7. The highest BCUT2D eigenvalue weighted by Crippen LogP contribution is 2.43. The molecule has 2 atom stereocenters. The van der Waals surface area contributed by atoms with Gasteiger partial charge in [-0.3, -0.25) is 0 Å². The van der Waals surface area contributed by atoms with Gasteiger partial charge in [0, 0.05) is 10.5 Å². The van der Waals surface area contributed by atoms with Crippen molar-refractivity contribution in [1.29, 1.82) is 0 Å². The minimum absolute atomic E-state index is 0.412. The molecule has 0 rings (SSSR count). The molecule has 0 amide bonds. The van der Waals surface area contributed by atoms with Crippen LogP contribution in [-0.2, 0) is 0 Å². The van der Waals surface area contributed by atoms with Gasteiger partial charge < -0.3 is 0 Å². The van der Waals surface area contributed by atoms with Crippen molar-refractivity contribution in [3.63, 3.8) is 0 Å². The SMILES string of the molecule is C[C@H](SS[C@@H](C)C(C)(C)C)C(C)(C)C. The first-order chi connectivity index (χ1) is 6.05. The van der Waals surface area contributed by atoms with E-state index in [1.807, 2.05) is 21.6 Å². The summed E-state index contributed by atoms with van der Waals surface area (Å²) < 4.78 is 0. The summed E-state index contributed by atoms with van der Waals surface area (Å²) in [6.45, 7) is 18.5. The van der Waals surface area contributed by atoms with E-state index in [-0.39, 0.29) is 0 Å². The number of hydrogen-bond donors (Lipinski definition) is 0. The van der Waals surface area contributed by atoms with E-state index >= 15 is 0 Å². The molecule has 0 saturated heterocycles. The fraction of sp³-hybridized carbons (Fsp3) is 1.00. The topological polar surface area (TPSA) is 0 Å². The summed E-state index contributed by atoms with van der Waals surface area (Å²) >= 11 is 0. The van der Waals surface area contributed by atoms with Gasteiger partial charge in [0.15, 0.2) is 0 Å². The van der Waals surface area contributed by atoms with Gasteiger partial charge in [-0.1, -0.05) is 77.0 Å². The molecule has 0 radical (unpaired) electrons. The summed E-state index contributed by atoms with van der Waals surface area (Å²) in [6, 6.07) is 0. The molecule has 0 aliphatic carbocycles. The number of hydrogen-bond acceptors (Lipinski definition) is 2. The van der Waals surface area contributed by atoms with Crippen LogP contribution in [0.3, 0.4) is 0 Å². The lowest BCUT2D eigenvalue weighted by Crippen LogP contribution is -2.22. The standard InChI is InChI=1S/C12H26S2/c1-9(11(3,4)5)13-14-10(2)12(6,7)8/h9-10H,1-8H3/t9-,10-/m0/s1. The predicted octanol–water partition coefficient (Wildman–Crippen LogP) is 5.24. The summed E-state index contributed by atoms with van der Waals surface area (Å²) in [5, 5.41) is 1.41. The minimum atomic E-state index is 0.412. The third-order valence-electron chi connectivity index (χ3n) is 2.78. The summed E-state index contributed by atoms with van der Waals surface area (Å²) in [4.78, 5) is 0. The van der Waals surface area contributed by atoms with Gasteiger partial charge in [0.25, 0.3) is 0 Å². The highest BCUT2D eigenvalue weighted by Gasteiger charge is 2.25. The molecule has 0 aliphatic rings. The molecular weight excluding hydrogens is 208 g/mol. The van der Waals surface area contributed by atoms with Crippen LogP contribution in [0.15, 0.2) is 0 Å². The smallest absolute Gasteiger partial charge is 0.0171 e. The molecule has 0 aliphatic heterocycles. The van der Waals surface area contributed by atoms with E-state index in [1.54, 1.807) is 0 Å². The second-order valence-electron chi connectivity index (χ2n) is 6.21. The Morgan fingerprint density at radius 3 is 1.00 bits per heavy atom. The summed E-state index contributed by atoms with van der Waals surface area (Å²) in [5.41, 5.74) is 0.824. The fourth-order valence-corrected chi connectivity index (χ4v) is 4.10. The molecule has 0 bridgehead atoms. The van der Waals surface area contributed by atoms with Crippen LogP contribution in [0.25, 0.3) is 0 Å². The normalized spacial score (nSPS) is 18.0. The van der Waals surface area contributed by atoms with Crippen molar-refractivity contribution in [2.45, 2.75) is 65.9 Å². The first-order valence-corrected chi connectivity index (χ1v) is 7.65. The largest absolute Gasteiger partial charge is 0.0902 e. The van der Waals surface area contributed by atoms with Crippen molar-refractivity contribution in [2.75, 3.05) is 0 Å². The van der Waals surface area contributed by atoms with Gasteiger partial charge in [0.1, 0.15) is 0 Å². The van der Waals surface area contributed by atoms with Gasteiger partial charge in [-0.2, -0.15) is 0 Å². The van der Waals surface area contributed by atoms with Crippen LogP contribution in [0, 0.1) is 10.8 Å². The molecule has 0 fully saturated rings. The molecule has 0 unspecified atom stereocenters. The molecule has 2 heteroatoms. The van der Waals surface area contributed by atoms with E-state index in [9.17, 15) is 0 Å². The highest BCUT2D eigenvalue weighted by molar-refractivity contribution is 8.77. The zero-order chi connectivity index (χ0) is 11.6. The lowest BCUT2D eigenvalue weighted by molar-refractivity contribution is 0.409. The fourth-order valence-electron chi connectivity index (χ4n) is 0.455. The highest BCUT2D eigenvalue weighted by atomic mass is 33.1. The maximum Gasteiger partial charge on any atom is 0.0171 e. The van der Waals surface area contributed by atoms with Crippen molar-refractivity contribution >= 4 is 21.6 Å². The van der Waals surface area contributed by atoms with Gasteiger partial charge in [-0.15, -0.1) is 0 Å². The van der Waals surface area contributed by atoms with Crippen LogP contribution in [0.2, 0.25) is 0 Å². The molecule has 86 valence electrons. The second-order valence-corrected chi connectivity index (χ2v) is 9.16. The van der Waals surface area contributed by atoms with Crippen LogP contribution < -0.4 is 0 Å². The Kier molecular flexibility index (Phi) is 5.41. The van der Waals surface area contributed by atoms with Gasteiger partial charge in [0.2, 0.25) is 0 Å². The molecule has 0 spiro atoms. The van der Waals surface area contributed by atoms with Crippen LogP contribution in [0.1, 0.15) is 55.4 Å². The summed E-state index contributed by atoms with van der Waals surface area (Å²) in [7, 11) is 4.07. The first-order valence-electron chi connectivity index (χ1n) is 5.37. The van der Waals surface area contributed by atoms with Crippen molar-refractivity contribution in [3.8, 4) is 0 Å². The molecule has 0 saturated carbocycles. The van der Waals surface area contributed by atoms with E-state index in [1.165, 1.54) is 0 Å². The van der Waals surface area contributed by atoms with Gasteiger partial charge >= 0.3 is 0 Å². The Balaban J connectivity index is 3.96. The molecule has 0 aromatic rings. The minimum Gasteiger partial charge on any atom is -0.0902 e. The zero-order valence-corrected chi connectivity index (χ0v) is 12.6. The van der Waals surface area contributed by atoms with E-state index in [0.717, 1.165) is 0 Å². The van der Waals surface area contributed by atoms with Crippen LogP contribution in [0.4, 0.5) is 0 Å². The van der Waals surface area contributed by atoms with Gasteiger partial charge in [-0.05, 0) is 10.8 Å². The van der Waals surface area contributed by atoms with Crippen molar-refractivity contribution in [2.24, 2.45) is 10.8 Å². The zero-order valence-electron chi connectivity index (χ0n) is 11.0. The molecule has 0 aromatic heterocycles. The molecule has 0 heterocycles. The molecule has 0 aromatic carbocycles. The summed E-state index contributed by atoms with van der Waals surface area (Å²) in [6.07, 6.45) is 0. The average molecular weight is 234 g/mol. The Morgan fingerprint density at radius 2 is 0.857 bits per heavy atom. The molecule has 0 N–H and O–H groups in total. The maximum absolute atomic E-state index is 2.33. The quantitative estimate of drug-likeness (QED) is 0.613. The average Bonchev–Trinajstić information content (AvgIpc) is 1.95. The third-order valence-corrected chi connectivity index (χ3v) is 6.95. The molecule has 0 nitrogen and oxygen atoms in total. The second kappa shape index (κ2) is 5.16. The van der Waals surface area contributed by atoms with Crippen molar-refractivity contribution in [1.82, 2.24) is 0 Å². The van der Waals surface area contributed by atoms with Crippen LogP contribution >= 0.6 is 21.6 Å². The molecular formula is C12H26S2. The Morgan fingerprint density at radius 1 is 0.643 bits per heavy atom. The monoisotopic (exact) mass is 234 g/mol. The van der Waals surface area contributed by atoms with Crippen LogP contribution in [0.5, 0.6) is 0 Å². The van der Waals surface area contributed by atoms with Crippen LogP contribution in [-0.4, -0.2) is 10.5 Å².